The number of nitrogens with zero attached hydrogens (tertiary/aromatic N) is 3. The summed E-state index contributed by atoms with van der Waals surface area (Å²) in [5, 5.41) is 18.5. The molecule has 1 heterocycles. The van der Waals surface area contributed by atoms with Gasteiger partial charge < -0.3 is 9.15 Å². The average Bonchev–Trinajstić information content (AvgIpc) is 3.13. The lowest BCUT2D eigenvalue weighted by Gasteiger charge is -2.18. The van der Waals surface area contributed by atoms with Crippen LogP contribution in [0.2, 0.25) is 0 Å². The van der Waals surface area contributed by atoms with Gasteiger partial charge in [0.05, 0.1) is 10.8 Å². The Hall–Kier alpha value is -3.03. The third kappa shape index (κ3) is 3.90. The van der Waals surface area contributed by atoms with Crippen LogP contribution >= 0.6 is 0 Å². The summed E-state index contributed by atoms with van der Waals surface area (Å²) in [4.78, 5) is 22.3. The molecule has 0 radical (unpaired) electrons. The molecule has 0 fully saturated rings. The van der Waals surface area contributed by atoms with Gasteiger partial charge in [-0.2, -0.15) is 0 Å². The number of allylic oxidation sites excluding steroid dienone is 2. The molecule has 130 valence electrons. The summed E-state index contributed by atoms with van der Waals surface area (Å²) in [6.45, 7) is 1.67. The number of benzene rings is 1. The minimum Gasteiger partial charge on any atom is -0.452 e. The van der Waals surface area contributed by atoms with Crippen LogP contribution in [0.1, 0.15) is 38.2 Å². The molecule has 0 saturated heterocycles. The first-order valence-corrected chi connectivity index (χ1v) is 7.98. The van der Waals surface area contributed by atoms with E-state index in [-0.39, 0.29) is 29.4 Å². The van der Waals surface area contributed by atoms with Crippen molar-refractivity contribution in [2.45, 2.75) is 32.3 Å². The van der Waals surface area contributed by atoms with Gasteiger partial charge in [0.25, 0.3) is 11.6 Å². The standard InChI is InChI=1S/C17H17N3O5/c1-11(24-17(21)13-5-3-2-4-6-13)15-18-19-16(25-15)12-7-9-14(10-8-12)20(22)23/h2-3,7-11,13H,4-6H2,1H3/t11-,13-/m1/s1. The molecule has 1 aromatic heterocycles. The number of aromatic nitrogens is 2. The van der Waals surface area contributed by atoms with Gasteiger partial charge >= 0.3 is 5.97 Å². The van der Waals surface area contributed by atoms with Gasteiger partial charge in [0, 0.05) is 17.7 Å². The van der Waals surface area contributed by atoms with Gasteiger partial charge in [-0.15, -0.1) is 10.2 Å². The molecule has 2 aromatic rings. The lowest BCUT2D eigenvalue weighted by molar-refractivity contribution is -0.384. The van der Waals surface area contributed by atoms with Gasteiger partial charge in [0.2, 0.25) is 5.89 Å². The van der Waals surface area contributed by atoms with Crippen LogP contribution in [0.15, 0.2) is 40.8 Å². The number of esters is 1. The molecule has 3 rings (SSSR count). The topological polar surface area (TPSA) is 108 Å². The van der Waals surface area contributed by atoms with Crippen molar-refractivity contribution in [3.05, 3.63) is 52.4 Å². The van der Waals surface area contributed by atoms with Crippen LogP contribution in [0, 0.1) is 16.0 Å². The lowest BCUT2D eigenvalue weighted by atomic mass is 9.95. The summed E-state index contributed by atoms with van der Waals surface area (Å²) in [6.07, 6.45) is 5.72. The predicted molar refractivity (Wildman–Crippen MR) is 87.4 cm³/mol. The Labute approximate surface area is 143 Å². The van der Waals surface area contributed by atoms with E-state index in [0.717, 1.165) is 12.8 Å². The number of hydrogen-bond acceptors (Lipinski definition) is 7. The summed E-state index contributed by atoms with van der Waals surface area (Å²) in [5.41, 5.74) is 0.535. The zero-order valence-corrected chi connectivity index (χ0v) is 13.6. The highest BCUT2D eigenvalue weighted by atomic mass is 16.6. The Kier molecular flexibility index (Phi) is 4.87. The first-order chi connectivity index (χ1) is 12.0. The molecule has 8 nitrogen and oxygen atoms in total. The molecular formula is C17H17N3O5. The first-order valence-electron chi connectivity index (χ1n) is 7.98. The van der Waals surface area contributed by atoms with Gasteiger partial charge in [-0.1, -0.05) is 12.2 Å². The number of hydrogen-bond donors (Lipinski definition) is 0. The van der Waals surface area contributed by atoms with E-state index in [0.29, 0.717) is 12.0 Å². The number of ether oxygens (including phenoxy) is 1. The zero-order chi connectivity index (χ0) is 17.8. The van der Waals surface area contributed by atoms with Crippen LogP contribution in [0.5, 0.6) is 0 Å². The predicted octanol–water partition coefficient (Wildman–Crippen LogP) is 3.61. The number of nitro benzene ring substituents is 1. The van der Waals surface area contributed by atoms with E-state index in [2.05, 4.69) is 16.3 Å². The second-order valence-electron chi connectivity index (χ2n) is 5.81. The largest absolute Gasteiger partial charge is 0.452 e. The molecule has 0 unspecified atom stereocenters. The maximum Gasteiger partial charge on any atom is 0.310 e. The van der Waals surface area contributed by atoms with E-state index in [9.17, 15) is 14.9 Å². The molecule has 1 aliphatic carbocycles. The lowest BCUT2D eigenvalue weighted by Crippen LogP contribution is -2.20. The summed E-state index contributed by atoms with van der Waals surface area (Å²) in [7, 11) is 0. The highest BCUT2D eigenvalue weighted by molar-refractivity contribution is 5.73. The summed E-state index contributed by atoms with van der Waals surface area (Å²) >= 11 is 0. The van der Waals surface area contributed by atoms with E-state index in [1.165, 1.54) is 24.3 Å². The third-order valence-corrected chi connectivity index (χ3v) is 4.01. The fourth-order valence-corrected chi connectivity index (χ4v) is 2.57. The molecule has 1 aliphatic rings. The van der Waals surface area contributed by atoms with Gasteiger partial charge in [0.1, 0.15) is 0 Å². The van der Waals surface area contributed by atoms with E-state index < -0.39 is 11.0 Å². The SMILES string of the molecule is C[C@@H](OC(=O)[C@@H]1CC=CCC1)c1nnc(-c2ccc([N+](=O)[O-])cc2)o1. The smallest absolute Gasteiger partial charge is 0.310 e. The number of carbonyl (C=O) groups is 1. The Morgan fingerprint density at radius 2 is 2.08 bits per heavy atom. The first kappa shape index (κ1) is 16.8. The van der Waals surface area contributed by atoms with Crippen molar-refractivity contribution in [1.82, 2.24) is 10.2 Å². The molecule has 1 aromatic carbocycles. The quantitative estimate of drug-likeness (QED) is 0.353. The fraction of sp³-hybridized carbons (Fsp3) is 0.353. The van der Waals surface area contributed by atoms with Crippen LogP contribution in [-0.2, 0) is 9.53 Å². The minimum absolute atomic E-state index is 0.0210. The second-order valence-corrected chi connectivity index (χ2v) is 5.81. The molecule has 0 amide bonds. The summed E-state index contributed by atoms with van der Waals surface area (Å²) in [6, 6.07) is 5.78. The van der Waals surface area contributed by atoms with Crippen LogP contribution in [0.4, 0.5) is 5.69 Å². The molecule has 8 heteroatoms. The molecule has 0 aliphatic heterocycles. The second kappa shape index (κ2) is 7.25. The Morgan fingerprint density at radius 3 is 2.72 bits per heavy atom. The number of rotatable bonds is 5. The molecule has 0 saturated carbocycles. The van der Waals surface area contributed by atoms with Crippen LogP contribution in [0.3, 0.4) is 0 Å². The van der Waals surface area contributed by atoms with Crippen molar-refractivity contribution in [3.63, 3.8) is 0 Å². The maximum absolute atomic E-state index is 12.2. The van der Waals surface area contributed by atoms with Crippen LogP contribution < -0.4 is 0 Å². The van der Waals surface area contributed by atoms with Crippen molar-refractivity contribution in [2.24, 2.45) is 5.92 Å². The van der Waals surface area contributed by atoms with E-state index in [1.54, 1.807) is 6.92 Å². The molecule has 0 spiro atoms. The molecule has 0 bridgehead atoms. The zero-order valence-electron chi connectivity index (χ0n) is 13.6. The van der Waals surface area contributed by atoms with Crippen molar-refractivity contribution in [1.29, 1.82) is 0 Å². The summed E-state index contributed by atoms with van der Waals surface area (Å²) in [5.74, 6) is -0.00194. The molecule has 2 atom stereocenters. The number of nitro groups is 1. The van der Waals surface area contributed by atoms with Gasteiger partial charge in [-0.05, 0) is 38.3 Å². The number of carbonyl (C=O) groups excluding carboxylic acids is 1. The molecule has 0 N–H and O–H groups in total. The normalized spacial score (nSPS) is 17.9. The average molecular weight is 343 g/mol. The van der Waals surface area contributed by atoms with E-state index >= 15 is 0 Å². The van der Waals surface area contributed by atoms with Crippen molar-refractivity contribution in [2.75, 3.05) is 0 Å². The molecular weight excluding hydrogens is 326 g/mol. The van der Waals surface area contributed by atoms with Crippen molar-refractivity contribution >= 4 is 11.7 Å². The summed E-state index contributed by atoms with van der Waals surface area (Å²) < 4.78 is 11.0. The van der Waals surface area contributed by atoms with Gasteiger partial charge in [-0.3, -0.25) is 14.9 Å². The van der Waals surface area contributed by atoms with Crippen molar-refractivity contribution < 1.29 is 18.9 Å². The Bertz CT molecular complexity index is 797. The molecule has 25 heavy (non-hydrogen) atoms. The van der Waals surface area contributed by atoms with E-state index in [1.807, 2.05) is 6.08 Å². The highest BCUT2D eigenvalue weighted by Crippen LogP contribution is 2.26. The Morgan fingerprint density at radius 1 is 1.32 bits per heavy atom. The monoisotopic (exact) mass is 343 g/mol. The van der Waals surface area contributed by atoms with Crippen LogP contribution in [-0.4, -0.2) is 21.1 Å². The van der Waals surface area contributed by atoms with Crippen molar-refractivity contribution in [3.8, 4) is 11.5 Å². The van der Waals surface area contributed by atoms with E-state index in [4.69, 9.17) is 9.15 Å². The van der Waals surface area contributed by atoms with Gasteiger partial charge in [-0.25, -0.2) is 0 Å². The Balaban J connectivity index is 1.66. The maximum atomic E-state index is 12.2. The highest BCUT2D eigenvalue weighted by Gasteiger charge is 2.25. The van der Waals surface area contributed by atoms with Gasteiger partial charge in [0.15, 0.2) is 6.10 Å². The minimum atomic E-state index is -0.655. The van der Waals surface area contributed by atoms with Crippen LogP contribution in [0.25, 0.3) is 11.5 Å². The number of non-ortho nitro benzene ring substituents is 1. The fourth-order valence-electron chi connectivity index (χ4n) is 2.57. The third-order valence-electron chi connectivity index (χ3n) is 4.01.